The molecule has 0 saturated heterocycles. The molecule has 122 valence electrons. The fourth-order valence-electron chi connectivity index (χ4n) is 2.73. The molecule has 25 heavy (non-hydrogen) atoms. The SMILES string of the molecule is CSc1cccc(Nc2nc(-c3ccccc3)nc3ccccc23)c1. The zero-order valence-corrected chi connectivity index (χ0v) is 14.6. The van der Waals surface area contributed by atoms with Crippen LogP contribution in [0.5, 0.6) is 0 Å². The number of para-hydroxylation sites is 1. The van der Waals surface area contributed by atoms with E-state index >= 15 is 0 Å². The second-order valence-corrected chi connectivity index (χ2v) is 6.52. The first kappa shape index (κ1) is 15.7. The Morgan fingerprint density at radius 3 is 2.44 bits per heavy atom. The molecule has 0 fully saturated rings. The van der Waals surface area contributed by atoms with E-state index in [1.807, 2.05) is 54.6 Å². The van der Waals surface area contributed by atoms with Crippen LogP contribution in [-0.2, 0) is 0 Å². The fraction of sp³-hybridized carbons (Fsp3) is 0.0476. The Labute approximate surface area is 151 Å². The summed E-state index contributed by atoms with van der Waals surface area (Å²) in [4.78, 5) is 10.7. The Bertz CT molecular complexity index is 1020. The van der Waals surface area contributed by atoms with Gasteiger partial charge in [-0.2, -0.15) is 0 Å². The molecule has 0 spiro atoms. The molecule has 1 heterocycles. The van der Waals surface area contributed by atoms with Crippen molar-refractivity contribution in [1.29, 1.82) is 0 Å². The molecular weight excluding hydrogens is 326 g/mol. The largest absolute Gasteiger partial charge is 0.340 e. The van der Waals surface area contributed by atoms with E-state index < -0.39 is 0 Å². The summed E-state index contributed by atoms with van der Waals surface area (Å²) >= 11 is 1.72. The van der Waals surface area contributed by atoms with Crippen molar-refractivity contribution in [3.8, 4) is 11.4 Å². The number of nitrogens with one attached hydrogen (secondary N) is 1. The fourth-order valence-corrected chi connectivity index (χ4v) is 3.19. The second-order valence-electron chi connectivity index (χ2n) is 5.64. The molecule has 0 atom stereocenters. The molecule has 1 aromatic heterocycles. The molecule has 4 rings (SSSR count). The average Bonchev–Trinajstić information content (AvgIpc) is 2.69. The van der Waals surface area contributed by atoms with Gasteiger partial charge in [-0.1, -0.05) is 48.5 Å². The second kappa shape index (κ2) is 6.95. The molecule has 1 N–H and O–H groups in total. The van der Waals surface area contributed by atoms with E-state index in [-0.39, 0.29) is 0 Å². The van der Waals surface area contributed by atoms with E-state index in [1.165, 1.54) is 4.90 Å². The molecule has 3 aromatic carbocycles. The molecule has 0 aliphatic heterocycles. The summed E-state index contributed by atoms with van der Waals surface area (Å²) in [6.45, 7) is 0. The van der Waals surface area contributed by atoms with Crippen LogP contribution in [0.3, 0.4) is 0 Å². The highest BCUT2D eigenvalue weighted by molar-refractivity contribution is 7.98. The van der Waals surface area contributed by atoms with Gasteiger partial charge in [0.15, 0.2) is 5.82 Å². The molecular formula is C21H17N3S. The summed E-state index contributed by atoms with van der Waals surface area (Å²) in [6, 6.07) is 26.5. The van der Waals surface area contributed by atoms with Gasteiger partial charge in [-0.05, 0) is 36.6 Å². The van der Waals surface area contributed by atoms with Crippen LogP contribution >= 0.6 is 11.8 Å². The quantitative estimate of drug-likeness (QED) is 0.478. The molecule has 3 nitrogen and oxygen atoms in total. The number of anilines is 2. The van der Waals surface area contributed by atoms with Gasteiger partial charge >= 0.3 is 0 Å². The molecule has 0 aliphatic rings. The van der Waals surface area contributed by atoms with Crippen molar-refractivity contribution in [3.63, 3.8) is 0 Å². The molecule has 0 radical (unpaired) electrons. The highest BCUT2D eigenvalue weighted by Crippen LogP contribution is 2.28. The van der Waals surface area contributed by atoms with Crippen molar-refractivity contribution in [1.82, 2.24) is 9.97 Å². The Balaban J connectivity index is 1.83. The first-order chi connectivity index (χ1) is 12.3. The van der Waals surface area contributed by atoms with Crippen LogP contribution in [0.2, 0.25) is 0 Å². The van der Waals surface area contributed by atoms with Crippen molar-refractivity contribution >= 4 is 34.2 Å². The van der Waals surface area contributed by atoms with Gasteiger partial charge < -0.3 is 5.32 Å². The lowest BCUT2D eigenvalue weighted by Crippen LogP contribution is -1.99. The summed E-state index contributed by atoms with van der Waals surface area (Å²) in [6.07, 6.45) is 2.08. The number of hydrogen-bond acceptors (Lipinski definition) is 4. The summed E-state index contributed by atoms with van der Waals surface area (Å²) in [5, 5.41) is 4.48. The predicted molar refractivity (Wildman–Crippen MR) is 106 cm³/mol. The normalized spacial score (nSPS) is 10.8. The maximum atomic E-state index is 4.79. The molecule has 0 aliphatic carbocycles. The minimum Gasteiger partial charge on any atom is -0.340 e. The van der Waals surface area contributed by atoms with Crippen molar-refractivity contribution in [2.75, 3.05) is 11.6 Å². The van der Waals surface area contributed by atoms with Gasteiger partial charge in [-0.15, -0.1) is 11.8 Å². The Morgan fingerprint density at radius 1 is 0.800 bits per heavy atom. The standard InChI is InChI=1S/C21H17N3S/c1-25-17-11-7-10-16(14-17)22-21-18-12-5-6-13-19(18)23-20(24-21)15-8-3-2-4-9-15/h2-14H,1H3,(H,22,23,24). The van der Waals surface area contributed by atoms with E-state index in [1.54, 1.807) is 11.8 Å². The Kier molecular flexibility index (Phi) is 4.36. The van der Waals surface area contributed by atoms with Crippen LogP contribution in [0.4, 0.5) is 11.5 Å². The van der Waals surface area contributed by atoms with Crippen LogP contribution in [0.25, 0.3) is 22.3 Å². The van der Waals surface area contributed by atoms with Crippen LogP contribution in [0, 0.1) is 0 Å². The number of nitrogens with zero attached hydrogens (tertiary/aromatic N) is 2. The lowest BCUT2D eigenvalue weighted by Gasteiger charge is -2.11. The van der Waals surface area contributed by atoms with Gasteiger partial charge in [-0.3, -0.25) is 0 Å². The maximum absolute atomic E-state index is 4.79. The minimum absolute atomic E-state index is 0.725. The summed E-state index contributed by atoms with van der Waals surface area (Å²) in [7, 11) is 0. The molecule has 0 bridgehead atoms. The van der Waals surface area contributed by atoms with E-state index in [0.717, 1.165) is 33.8 Å². The van der Waals surface area contributed by atoms with Crippen molar-refractivity contribution < 1.29 is 0 Å². The highest BCUT2D eigenvalue weighted by atomic mass is 32.2. The van der Waals surface area contributed by atoms with Crippen LogP contribution in [-0.4, -0.2) is 16.2 Å². The monoisotopic (exact) mass is 343 g/mol. The van der Waals surface area contributed by atoms with Gasteiger partial charge in [0.05, 0.1) is 5.52 Å². The van der Waals surface area contributed by atoms with Gasteiger partial charge in [-0.25, -0.2) is 9.97 Å². The number of thioether (sulfide) groups is 1. The van der Waals surface area contributed by atoms with Crippen molar-refractivity contribution in [3.05, 3.63) is 78.9 Å². The number of fused-ring (bicyclic) bond motifs is 1. The summed E-state index contributed by atoms with van der Waals surface area (Å²) in [5.41, 5.74) is 2.96. The third-order valence-corrected chi connectivity index (χ3v) is 4.69. The number of benzene rings is 3. The summed E-state index contributed by atoms with van der Waals surface area (Å²) in [5.74, 6) is 1.55. The minimum atomic E-state index is 0.725. The smallest absolute Gasteiger partial charge is 0.162 e. The van der Waals surface area contributed by atoms with E-state index in [4.69, 9.17) is 9.97 Å². The summed E-state index contributed by atoms with van der Waals surface area (Å²) < 4.78 is 0. The lowest BCUT2D eigenvalue weighted by atomic mass is 10.2. The third-order valence-electron chi connectivity index (χ3n) is 3.97. The number of hydrogen-bond donors (Lipinski definition) is 1. The highest BCUT2D eigenvalue weighted by Gasteiger charge is 2.09. The van der Waals surface area contributed by atoms with Crippen molar-refractivity contribution in [2.24, 2.45) is 0 Å². The maximum Gasteiger partial charge on any atom is 0.162 e. The Morgan fingerprint density at radius 2 is 1.60 bits per heavy atom. The predicted octanol–water partition coefficient (Wildman–Crippen LogP) is 5.76. The molecule has 4 aromatic rings. The van der Waals surface area contributed by atoms with Crippen molar-refractivity contribution in [2.45, 2.75) is 4.90 Å². The number of aromatic nitrogens is 2. The number of rotatable bonds is 4. The van der Waals surface area contributed by atoms with Crippen LogP contribution in [0.1, 0.15) is 0 Å². The van der Waals surface area contributed by atoms with Crippen LogP contribution in [0.15, 0.2) is 83.8 Å². The van der Waals surface area contributed by atoms with E-state index in [2.05, 4.69) is 35.8 Å². The Hall–Kier alpha value is -2.85. The third kappa shape index (κ3) is 3.35. The molecule has 0 saturated carbocycles. The first-order valence-corrected chi connectivity index (χ1v) is 9.29. The van der Waals surface area contributed by atoms with E-state index in [0.29, 0.717) is 0 Å². The first-order valence-electron chi connectivity index (χ1n) is 8.07. The zero-order chi connectivity index (χ0) is 17.1. The molecule has 0 amide bonds. The van der Waals surface area contributed by atoms with Gasteiger partial charge in [0.25, 0.3) is 0 Å². The topological polar surface area (TPSA) is 37.8 Å². The lowest BCUT2D eigenvalue weighted by molar-refractivity contribution is 1.22. The molecule has 4 heteroatoms. The zero-order valence-electron chi connectivity index (χ0n) is 13.8. The van der Waals surface area contributed by atoms with Gasteiger partial charge in [0, 0.05) is 21.5 Å². The average molecular weight is 343 g/mol. The van der Waals surface area contributed by atoms with E-state index in [9.17, 15) is 0 Å². The van der Waals surface area contributed by atoms with Crippen LogP contribution < -0.4 is 5.32 Å². The molecule has 0 unspecified atom stereocenters. The van der Waals surface area contributed by atoms with Gasteiger partial charge in [0.2, 0.25) is 0 Å². The van der Waals surface area contributed by atoms with Gasteiger partial charge in [0.1, 0.15) is 5.82 Å².